The molecule has 0 spiro atoms. The minimum atomic E-state index is 0.0208. The second-order valence-electron chi connectivity index (χ2n) is 4.89. The summed E-state index contributed by atoms with van der Waals surface area (Å²) in [6.07, 6.45) is 0. The molecular weight excluding hydrogens is 250 g/mol. The molecule has 0 saturated carbocycles. The van der Waals surface area contributed by atoms with Gasteiger partial charge in [0.15, 0.2) is 0 Å². The summed E-state index contributed by atoms with van der Waals surface area (Å²) < 4.78 is 5.48. The number of anilines is 1. The predicted octanol–water partition coefficient (Wildman–Crippen LogP) is 4.27. The molecule has 106 valence electrons. The second kappa shape index (κ2) is 6.33. The van der Waals surface area contributed by atoms with E-state index < -0.39 is 0 Å². The van der Waals surface area contributed by atoms with Gasteiger partial charge in [0.1, 0.15) is 11.5 Å². The van der Waals surface area contributed by atoms with Gasteiger partial charge in [0, 0.05) is 17.3 Å². The molecule has 0 heterocycles. The molecule has 2 rings (SSSR count). The number of aromatic hydroxyl groups is 1. The third-order valence-electron chi connectivity index (χ3n) is 3.18. The molecule has 0 aliphatic heterocycles. The van der Waals surface area contributed by atoms with Crippen LogP contribution in [0.2, 0.25) is 0 Å². The summed E-state index contributed by atoms with van der Waals surface area (Å²) in [6.45, 7) is 6.61. The lowest BCUT2D eigenvalue weighted by atomic mass is 10.0. The van der Waals surface area contributed by atoms with Crippen molar-refractivity contribution < 1.29 is 9.84 Å². The zero-order chi connectivity index (χ0) is 14.5. The van der Waals surface area contributed by atoms with Crippen molar-refractivity contribution in [3.63, 3.8) is 0 Å². The third kappa shape index (κ3) is 3.44. The maximum absolute atomic E-state index is 10.0. The van der Waals surface area contributed by atoms with Crippen molar-refractivity contribution in [3.8, 4) is 11.5 Å². The lowest BCUT2D eigenvalue weighted by molar-refractivity contribution is 0.340. The van der Waals surface area contributed by atoms with Crippen molar-refractivity contribution in [1.29, 1.82) is 0 Å². The zero-order valence-electron chi connectivity index (χ0n) is 12.2. The van der Waals surface area contributed by atoms with Crippen molar-refractivity contribution in [2.75, 3.05) is 11.9 Å². The fraction of sp³-hybridized carbons (Fsp3) is 0.294. The van der Waals surface area contributed by atoms with Gasteiger partial charge in [-0.2, -0.15) is 0 Å². The molecule has 0 amide bonds. The van der Waals surface area contributed by atoms with Crippen molar-refractivity contribution in [3.05, 3.63) is 53.6 Å². The Morgan fingerprint density at radius 1 is 1.20 bits per heavy atom. The first-order chi connectivity index (χ1) is 9.60. The molecule has 0 bridgehead atoms. The molecule has 3 nitrogen and oxygen atoms in total. The summed E-state index contributed by atoms with van der Waals surface area (Å²) >= 11 is 0. The van der Waals surface area contributed by atoms with E-state index in [1.165, 1.54) is 0 Å². The van der Waals surface area contributed by atoms with Crippen LogP contribution in [0.3, 0.4) is 0 Å². The van der Waals surface area contributed by atoms with E-state index in [0.29, 0.717) is 12.4 Å². The fourth-order valence-electron chi connectivity index (χ4n) is 2.19. The smallest absolute Gasteiger partial charge is 0.121 e. The van der Waals surface area contributed by atoms with Gasteiger partial charge in [-0.25, -0.2) is 0 Å². The van der Waals surface area contributed by atoms with E-state index in [-0.39, 0.29) is 6.04 Å². The topological polar surface area (TPSA) is 41.5 Å². The first kappa shape index (κ1) is 14.3. The Bertz CT molecular complexity index is 581. The molecule has 0 fully saturated rings. The molecule has 1 atom stereocenters. The lowest BCUT2D eigenvalue weighted by Crippen LogP contribution is -2.07. The van der Waals surface area contributed by atoms with Crippen LogP contribution in [0.4, 0.5) is 5.69 Å². The molecule has 0 aliphatic rings. The highest BCUT2D eigenvalue weighted by Gasteiger charge is 2.10. The molecule has 0 aromatic heterocycles. The first-order valence-corrected chi connectivity index (χ1v) is 6.89. The van der Waals surface area contributed by atoms with Gasteiger partial charge in [-0.1, -0.05) is 18.2 Å². The Balaban J connectivity index is 2.14. The lowest BCUT2D eigenvalue weighted by Gasteiger charge is -2.18. The number of phenolic OH excluding ortho intramolecular Hbond substituents is 1. The SMILES string of the molecule is CCOc1cccc(NC(C)c2ccc(C)cc2O)c1. The van der Waals surface area contributed by atoms with Crippen LogP contribution in [0.5, 0.6) is 11.5 Å². The summed E-state index contributed by atoms with van der Waals surface area (Å²) in [5.74, 6) is 1.17. The Hall–Kier alpha value is -2.16. The van der Waals surface area contributed by atoms with Crippen LogP contribution >= 0.6 is 0 Å². The fourth-order valence-corrected chi connectivity index (χ4v) is 2.19. The average molecular weight is 271 g/mol. The van der Waals surface area contributed by atoms with Crippen molar-refractivity contribution in [1.82, 2.24) is 0 Å². The number of hydrogen-bond acceptors (Lipinski definition) is 3. The van der Waals surface area contributed by atoms with Gasteiger partial charge in [-0.3, -0.25) is 0 Å². The first-order valence-electron chi connectivity index (χ1n) is 6.89. The molecule has 3 heteroatoms. The van der Waals surface area contributed by atoms with Crippen molar-refractivity contribution >= 4 is 5.69 Å². The van der Waals surface area contributed by atoms with E-state index >= 15 is 0 Å². The molecule has 2 aromatic rings. The van der Waals surface area contributed by atoms with Gasteiger partial charge in [0.25, 0.3) is 0 Å². The highest BCUT2D eigenvalue weighted by molar-refractivity contribution is 5.51. The highest BCUT2D eigenvalue weighted by atomic mass is 16.5. The van der Waals surface area contributed by atoms with Crippen LogP contribution in [-0.2, 0) is 0 Å². The molecule has 0 saturated heterocycles. The summed E-state index contributed by atoms with van der Waals surface area (Å²) in [5.41, 5.74) is 2.91. The number of phenols is 1. The van der Waals surface area contributed by atoms with Gasteiger partial charge >= 0.3 is 0 Å². The van der Waals surface area contributed by atoms with Gasteiger partial charge in [-0.15, -0.1) is 0 Å². The van der Waals surface area contributed by atoms with Crippen LogP contribution in [-0.4, -0.2) is 11.7 Å². The number of aryl methyl sites for hydroxylation is 1. The van der Waals surface area contributed by atoms with Crippen LogP contribution < -0.4 is 10.1 Å². The second-order valence-corrected chi connectivity index (χ2v) is 4.89. The minimum Gasteiger partial charge on any atom is -0.508 e. The number of benzene rings is 2. The maximum Gasteiger partial charge on any atom is 0.121 e. The van der Waals surface area contributed by atoms with Crippen LogP contribution in [0.15, 0.2) is 42.5 Å². The molecular formula is C17H21NO2. The van der Waals surface area contributed by atoms with Crippen LogP contribution in [0, 0.1) is 6.92 Å². The van der Waals surface area contributed by atoms with Crippen LogP contribution in [0.1, 0.15) is 31.0 Å². The van der Waals surface area contributed by atoms with E-state index in [1.807, 2.05) is 57.2 Å². The largest absolute Gasteiger partial charge is 0.508 e. The van der Waals surface area contributed by atoms with Crippen molar-refractivity contribution in [2.24, 2.45) is 0 Å². The van der Waals surface area contributed by atoms with Gasteiger partial charge in [0.2, 0.25) is 0 Å². The number of nitrogens with one attached hydrogen (secondary N) is 1. The van der Waals surface area contributed by atoms with Gasteiger partial charge in [-0.05, 0) is 44.5 Å². The minimum absolute atomic E-state index is 0.0208. The summed E-state index contributed by atoms with van der Waals surface area (Å²) in [5, 5.41) is 13.4. The molecule has 0 aliphatic carbocycles. The Morgan fingerprint density at radius 3 is 2.70 bits per heavy atom. The van der Waals surface area contributed by atoms with E-state index in [4.69, 9.17) is 4.74 Å². The number of hydrogen-bond donors (Lipinski definition) is 2. The average Bonchev–Trinajstić information content (AvgIpc) is 2.39. The Morgan fingerprint density at radius 2 is 2.00 bits per heavy atom. The predicted molar refractivity (Wildman–Crippen MR) is 82.5 cm³/mol. The van der Waals surface area contributed by atoms with Gasteiger partial charge in [0.05, 0.1) is 12.6 Å². The van der Waals surface area contributed by atoms with Crippen LogP contribution in [0.25, 0.3) is 0 Å². The monoisotopic (exact) mass is 271 g/mol. The molecule has 2 aromatic carbocycles. The van der Waals surface area contributed by atoms with E-state index in [2.05, 4.69) is 5.32 Å². The van der Waals surface area contributed by atoms with Gasteiger partial charge < -0.3 is 15.2 Å². The quantitative estimate of drug-likeness (QED) is 0.853. The van der Waals surface area contributed by atoms with E-state index in [0.717, 1.165) is 22.6 Å². The molecule has 1 unspecified atom stereocenters. The summed E-state index contributed by atoms with van der Waals surface area (Å²) in [4.78, 5) is 0. The van der Waals surface area contributed by atoms with E-state index in [9.17, 15) is 5.11 Å². The van der Waals surface area contributed by atoms with E-state index in [1.54, 1.807) is 6.07 Å². The Labute approximate surface area is 120 Å². The normalized spacial score (nSPS) is 11.9. The standard InChI is InChI=1S/C17H21NO2/c1-4-20-15-7-5-6-14(11-15)18-13(3)16-9-8-12(2)10-17(16)19/h5-11,13,18-19H,4H2,1-3H3. The van der Waals surface area contributed by atoms with Crippen molar-refractivity contribution in [2.45, 2.75) is 26.8 Å². The highest BCUT2D eigenvalue weighted by Crippen LogP contribution is 2.28. The molecule has 20 heavy (non-hydrogen) atoms. The Kier molecular flexibility index (Phi) is 4.51. The summed E-state index contributed by atoms with van der Waals surface area (Å²) in [7, 11) is 0. The zero-order valence-corrected chi connectivity index (χ0v) is 12.2. The number of rotatable bonds is 5. The molecule has 2 N–H and O–H groups in total. The summed E-state index contributed by atoms with van der Waals surface area (Å²) in [6, 6.07) is 13.6. The third-order valence-corrected chi connectivity index (χ3v) is 3.18. The molecule has 0 radical (unpaired) electrons. The number of ether oxygens (including phenoxy) is 1. The maximum atomic E-state index is 10.0.